The van der Waals surface area contributed by atoms with E-state index in [2.05, 4.69) is 30.2 Å². The number of aliphatic hydroxyl groups excluding tert-OH is 1. The number of carbonyl (C=O) groups is 1. The topological polar surface area (TPSA) is 126 Å². The number of hydrogen-bond acceptors (Lipinski definition) is 7. The second-order valence-corrected chi connectivity index (χ2v) is 10.4. The summed E-state index contributed by atoms with van der Waals surface area (Å²) in [5, 5.41) is 12.3. The van der Waals surface area contributed by atoms with Gasteiger partial charge in [-0.05, 0) is 51.0 Å². The standard InChI is InChI=1S/C22H15ClFN5O.C8H15NO2/c1-11-5-6-25-22(27-11)30-13-3-4-14(17(23)7-13)15-8-16-19(9-18(15)24)26-10-20-21(16)29-12(2)28-20;10-6-8(11)9-7-4-2-1-3-5-7/h3-10H,1-2H3,(H,28,29);7,10H,1-6H2,(H,9,11). The van der Waals surface area contributed by atoms with E-state index in [1.807, 2.05) is 13.8 Å². The normalized spacial score (nSPS) is 13.6. The van der Waals surface area contributed by atoms with E-state index in [1.54, 1.807) is 42.7 Å². The number of ether oxygens (including phenoxy) is 1. The number of aliphatic hydroxyl groups is 1. The van der Waals surface area contributed by atoms with Gasteiger partial charge in [0, 0.05) is 46.6 Å². The number of rotatable bonds is 5. The van der Waals surface area contributed by atoms with Gasteiger partial charge in [-0.25, -0.2) is 19.3 Å². The van der Waals surface area contributed by atoms with Crippen LogP contribution in [0.15, 0.2) is 48.8 Å². The van der Waals surface area contributed by atoms with E-state index in [0.29, 0.717) is 33.5 Å². The number of imidazole rings is 1. The number of aromatic nitrogens is 5. The lowest BCUT2D eigenvalue weighted by Crippen LogP contribution is -2.37. The Balaban J connectivity index is 0.000000259. The number of pyridine rings is 1. The van der Waals surface area contributed by atoms with Gasteiger partial charge in [0.2, 0.25) is 5.91 Å². The molecule has 0 spiro atoms. The summed E-state index contributed by atoms with van der Waals surface area (Å²) in [6.45, 7) is 3.33. The van der Waals surface area contributed by atoms with Gasteiger partial charge in [-0.15, -0.1) is 0 Å². The number of amides is 1. The van der Waals surface area contributed by atoms with Gasteiger partial charge in [0.15, 0.2) is 0 Å². The van der Waals surface area contributed by atoms with E-state index < -0.39 is 5.82 Å². The number of fused-ring (bicyclic) bond motifs is 3. The highest BCUT2D eigenvalue weighted by atomic mass is 35.5. The Kier molecular flexibility index (Phi) is 8.70. The number of carbonyl (C=O) groups excluding carboxylic acids is 1. The van der Waals surface area contributed by atoms with Crippen molar-refractivity contribution < 1.29 is 19.0 Å². The number of nitrogens with one attached hydrogen (secondary N) is 2. The Hall–Kier alpha value is -4.15. The van der Waals surface area contributed by atoms with Crippen molar-refractivity contribution in [1.82, 2.24) is 30.2 Å². The minimum absolute atomic E-state index is 0.220. The van der Waals surface area contributed by atoms with E-state index >= 15 is 0 Å². The first-order chi connectivity index (χ1) is 19.8. The average molecular weight is 577 g/mol. The summed E-state index contributed by atoms with van der Waals surface area (Å²) < 4.78 is 20.6. The van der Waals surface area contributed by atoms with Crippen LogP contribution in [-0.4, -0.2) is 48.6 Å². The van der Waals surface area contributed by atoms with Crippen LogP contribution in [0.2, 0.25) is 5.02 Å². The molecular formula is C30H30ClFN6O3. The number of aryl methyl sites for hydroxylation is 2. The summed E-state index contributed by atoms with van der Waals surface area (Å²) in [6.07, 6.45) is 9.11. The second-order valence-electron chi connectivity index (χ2n) is 9.98. The Morgan fingerprint density at radius 2 is 1.90 bits per heavy atom. The largest absolute Gasteiger partial charge is 0.424 e. The lowest BCUT2D eigenvalue weighted by atomic mass is 9.95. The molecule has 11 heteroatoms. The third kappa shape index (κ3) is 6.78. The zero-order valence-corrected chi connectivity index (χ0v) is 23.5. The highest BCUT2D eigenvalue weighted by molar-refractivity contribution is 6.33. The number of nitrogens with zero attached hydrogens (tertiary/aromatic N) is 4. The van der Waals surface area contributed by atoms with Crippen molar-refractivity contribution in [2.45, 2.75) is 52.0 Å². The maximum Gasteiger partial charge on any atom is 0.322 e. The molecule has 41 heavy (non-hydrogen) atoms. The molecule has 1 saturated carbocycles. The van der Waals surface area contributed by atoms with Crippen molar-refractivity contribution in [3.63, 3.8) is 0 Å². The average Bonchev–Trinajstić information content (AvgIpc) is 3.34. The van der Waals surface area contributed by atoms with Gasteiger partial charge in [-0.3, -0.25) is 9.78 Å². The van der Waals surface area contributed by atoms with E-state index in [9.17, 15) is 9.18 Å². The van der Waals surface area contributed by atoms with Crippen molar-refractivity contribution in [2.24, 2.45) is 0 Å². The van der Waals surface area contributed by atoms with E-state index in [4.69, 9.17) is 21.4 Å². The highest BCUT2D eigenvalue weighted by Crippen LogP contribution is 2.36. The first kappa shape index (κ1) is 28.4. The molecule has 0 unspecified atom stereocenters. The SMILES string of the molecule is Cc1ccnc(Oc2ccc(-c3cc4c(cc3F)ncc3[nH]c(C)nc34)c(Cl)c2)n1.O=C(CO)NC1CCCCC1. The van der Waals surface area contributed by atoms with Crippen LogP contribution in [0, 0.1) is 19.7 Å². The number of aromatic amines is 1. The molecule has 5 aromatic rings. The van der Waals surface area contributed by atoms with Crippen LogP contribution in [0.25, 0.3) is 33.1 Å². The molecule has 3 aromatic heterocycles. The zero-order chi connectivity index (χ0) is 28.9. The highest BCUT2D eigenvalue weighted by Gasteiger charge is 2.16. The minimum Gasteiger partial charge on any atom is -0.424 e. The van der Waals surface area contributed by atoms with E-state index in [1.165, 1.54) is 25.3 Å². The van der Waals surface area contributed by atoms with Gasteiger partial charge in [0.25, 0.3) is 0 Å². The Morgan fingerprint density at radius 3 is 2.63 bits per heavy atom. The van der Waals surface area contributed by atoms with Crippen LogP contribution in [0.5, 0.6) is 11.8 Å². The summed E-state index contributed by atoms with van der Waals surface area (Å²) in [4.78, 5) is 31.0. The van der Waals surface area contributed by atoms with Crippen molar-refractivity contribution in [3.05, 3.63) is 71.2 Å². The maximum atomic E-state index is 14.9. The van der Waals surface area contributed by atoms with Gasteiger partial charge in [-0.1, -0.05) is 30.9 Å². The van der Waals surface area contributed by atoms with Gasteiger partial charge in [0.05, 0.1) is 27.8 Å². The van der Waals surface area contributed by atoms with Crippen molar-refractivity contribution in [3.8, 4) is 22.9 Å². The van der Waals surface area contributed by atoms with Gasteiger partial charge >= 0.3 is 6.01 Å². The molecule has 0 saturated heterocycles. The number of hydrogen-bond donors (Lipinski definition) is 3. The van der Waals surface area contributed by atoms with E-state index in [0.717, 1.165) is 40.8 Å². The van der Waals surface area contributed by atoms with Crippen LogP contribution in [0.3, 0.4) is 0 Å². The Bertz CT molecular complexity index is 1700. The predicted octanol–water partition coefficient (Wildman–Crippen LogP) is 6.20. The maximum absolute atomic E-state index is 14.9. The fourth-order valence-electron chi connectivity index (χ4n) is 4.89. The Morgan fingerprint density at radius 1 is 1.10 bits per heavy atom. The molecule has 0 atom stereocenters. The molecule has 0 bridgehead atoms. The molecule has 1 fully saturated rings. The fourth-order valence-corrected chi connectivity index (χ4v) is 5.16. The Labute approximate surface area is 241 Å². The predicted molar refractivity (Wildman–Crippen MR) is 155 cm³/mol. The lowest BCUT2D eigenvalue weighted by Gasteiger charge is -2.22. The van der Waals surface area contributed by atoms with Gasteiger partial charge < -0.3 is 20.1 Å². The first-order valence-corrected chi connectivity index (χ1v) is 13.8. The zero-order valence-electron chi connectivity index (χ0n) is 22.7. The van der Waals surface area contributed by atoms with Crippen molar-refractivity contribution in [1.29, 1.82) is 0 Å². The molecule has 1 aliphatic carbocycles. The van der Waals surface area contributed by atoms with Crippen molar-refractivity contribution >= 4 is 39.4 Å². The molecule has 3 heterocycles. The molecule has 212 valence electrons. The van der Waals surface area contributed by atoms with Crippen LogP contribution < -0.4 is 10.1 Å². The molecule has 1 aliphatic rings. The molecule has 9 nitrogen and oxygen atoms in total. The molecule has 0 radical (unpaired) electrons. The molecule has 1 amide bonds. The monoisotopic (exact) mass is 576 g/mol. The summed E-state index contributed by atoms with van der Waals surface area (Å²) in [5.74, 6) is 0.571. The number of H-pyrrole nitrogens is 1. The molecule has 3 N–H and O–H groups in total. The number of benzene rings is 2. The van der Waals surface area contributed by atoms with Gasteiger partial charge in [-0.2, -0.15) is 0 Å². The summed E-state index contributed by atoms with van der Waals surface area (Å²) in [7, 11) is 0. The quantitative estimate of drug-likeness (QED) is 0.227. The van der Waals surface area contributed by atoms with Gasteiger partial charge in [0.1, 0.15) is 24.0 Å². The lowest BCUT2D eigenvalue weighted by molar-refractivity contribution is -0.124. The molecule has 2 aromatic carbocycles. The summed E-state index contributed by atoms with van der Waals surface area (Å²) >= 11 is 6.48. The minimum atomic E-state index is -0.417. The summed E-state index contributed by atoms with van der Waals surface area (Å²) in [6, 6.07) is 10.5. The third-order valence-corrected chi connectivity index (χ3v) is 7.16. The van der Waals surface area contributed by atoms with Crippen LogP contribution in [0.4, 0.5) is 4.39 Å². The molecule has 6 rings (SSSR count). The number of halogens is 2. The smallest absolute Gasteiger partial charge is 0.322 e. The molecule has 0 aliphatic heterocycles. The molecular weight excluding hydrogens is 547 g/mol. The summed E-state index contributed by atoms with van der Waals surface area (Å²) in [5.41, 5.74) is 3.76. The van der Waals surface area contributed by atoms with Crippen LogP contribution in [-0.2, 0) is 4.79 Å². The van der Waals surface area contributed by atoms with Crippen LogP contribution in [0.1, 0.15) is 43.6 Å². The third-order valence-electron chi connectivity index (χ3n) is 6.85. The van der Waals surface area contributed by atoms with E-state index in [-0.39, 0.29) is 18.5 Å². The first-order valence-electron chi connectivity index (χ1n) is 13.4. The van der Waals surface area contributed by atoms with Crippen molar-refractivity contribution in [2.75, 3.05) is 6.61 Å². The second kappa shape index (κ2) is 12.6. The van der Waals surface area contributed by atoms with Crippen LogP contribution >= 0.6 is 11.6 Å². The fraction of sp³-hybridized carbons (Fsp3) is 0.300.